The van der Waals surface area contributed by atoms with Gasteiger partial charge in [0.2, 0.25) is 0 Å². The van der Waals surface area contributed by atoms with Crippen molar-refractivity contribution in [2.75, 3.05) is 10.6 Å². The summed E-state index contributed by atoms with van der Waals surface area (Å²) in [6.45, 7) is 4.67. The lowest BCUT2D eigenvalue weighted by molar-refractivity contribution is -0.137. The van der Waals surface area contributed by atoms with Crippen LogP contribution in [0.15, 0.2) is 34.5 Å². The van der Waals surface area contributed by atoms with Gasteiger partial charge >= 0.3 is 12.2 Å². The summed E-state index contributed by atoms with van der Waals surface area (Å²) in [4.78, 5) is 12.2. The van der Waals surface area contributed by atoms with Gasteiger partial charge in [-0.05, 0) is 39.0 Å². The number of carbonyl (C=O) groups excluding carboxylic acids is 1. The third kappa shape index (κ3) is 4.36. The van der Waals surface area contributed by atoms with Crippen LogP contribution in [0.1, 0.15) is 25.0 Å². The summed E-state index contributed by atoms with van der Waals surface area (Å²) in [5.41, 5.74) is -0.516. The van der Waals surface area contributed by atoms with E-state index in [-0.39, 0.29) is 10.6 Å². The highest BCUT2D eigenvalue weighted by Gasteiger charge is 2.30. The van der Waals surface area contributed by atoms with Crippen LogP contribution in [-0.4, -0.2) is 19.7 Å². The molecule has 1 aromatic carbocycles. The van der Waals surface area contributed by atoms with Gasteiger partial charge in [-0.2, -0.15) is 13.2 Å². The minimum Gasteiger partial charge on any atom is -0.308 e. The molecule has 0 aliphatic heterocycles. The van der Waals surface area contributed by atoms with Gasteiger partial charge < -0.3 is 5.32 Å². The lowest BCUT2D eigenvalue weighted by Gasteiger charge is -2.11. The molecule has 0 radical (unpaired) electrons. The maximum atomic E-state index is 12.7. The number of rotatable bonds is 4. The summed E-state index contributed by atoms with van der Waals surface area (Å²) in [5.74, 6) is 0. The molecule has 2 N–H and O–H groups in total. The van der Waals surface area contributed by atoms with Gasteiger partial charge in [-0.1, -0.05) is 6.07 Å². The Bertz CT molecular complexity index is 919. The van der Waals surface area contributed by atoms with Crippen LogP contribution in [0.25, 0.3) is 0 Å². The minimum atomic E-state index is -4.52. The molecule has 0 aliphatic carbocycles. The zero-order chi connectivity index (χ0) is 19.7. The zero-order valence-electron chi connectivity index (χ0n) is 14.1. The summed E-state index contributed by atoms with van der Waals surface area (Å²) in [7, 11) is -3.49. The first-order valence-corrected chi connectivity index (χ1v) is 9.92. The van der Waals surface area contributed by atoms with E-state index in [1.54, 1.807) is 20.8 Å². The third-order valence-corrected chi connectivity index (χ3v) is 7.02. The number of nitrogens with one attached hydrogen (secondary N) is 2. The predicted octanol–water partition coefficient (Wildman–Crippen LogP) is 4.90. The first-order chi connectivity index (χ1) is 11.9. The molecule has 0 aliphatic rings. The molecule has 5 nitrogen and oxygen atoms in total. The molecular formula is C16H17F3N2O3S2. The minimum absolute atomic E-state index is 0.0263. The lowest BCUT2D eigenvalue weighted by Crippen LogP contribution is -2.20. The molecule has 2 aromatic rings. The van der Waals surface area contributed by atoms with Crippen LogP contribution in [0.4, 0.5) is 28.7 Å². The molecule has 1 aromatic heterocycles. The SMILES string of the molecule is Cc1c(S(=O)(=O)C(C)C)csc1NC(=O)Nc1cccc(C(F)(F)F)c1. The second kappa shape index (κ2) is 7.28. The Morgan fingerprint density at radius 3 is 2.42 bits per heavy atom. The highest BCUT2D eigenvalue weighted by molar-refractivity contribution is 7.92. The smallest absolute Gasteiger partial charge is 0.308 e. The molecule has 0 saturated heterocycles. The van der Waals surface area contributed by atoms with Crippen molar-refractivity contribution in [3.05, 3.63) is 40.8 Å². The normalized spacial score (nSPS) is 12.3. The van der Waals surface area contributed by atoms with Crippen LogP contribution in [0.2, 0.25) is 0 Å². The molecule has 142 valence electrons. The van der Waals surface area contributed by atoms with E-state index >= 15 is 0 Å². The average molecular weight is 406 g/mol. The molecule has 0 atom stereocenters. The Kier molecular flexibility index (Phi) is 5.67. The molecule has 0 bridgehead atoms. The molecule has 0 spiro atoms. The molecular weight excluding hydrogens is 389 g/mol. The quantitative estimate of drug-likeness (QED) is 0.758. The van der Waals surface area contributed by atoms with Crippen LogP contribution in [0.3, 0.4) is 0 Å². The number of anilines is 2. The van der Waals surface area contributed by atoms with Gasteiger partial charge in [-0.25, -0.2) is 13.2 Å². The van der Waals surface area contributed by atoms with E-state index in [0.717, 1.165) is 23.5 Å². The van der Waals surface area contributed by atoms with Gasteiger partial charge in [0.05, 0.1) is 15.7 Å². The van der Waals surface area contributed by atoms with E-state index in [2.05, 4.69) is 10.6 Å². The molecule has 1 heterocycles. The van der Waals surface area contributed by atoms with Crippen LogP contribution in [0.5, 0.6) is 0 Å². The fraction of sp³-hybridized carbons (Fsp3) is 0.312. The van der Waals surface area contributed by atoms with E-state index in [9.17, 15) is 26.4 Å². The van der Waals surface area contributed by atoms with E-state index in [0.29, 0.717) is 10.6 Å². The van der Waals surface area contributed by atoms with Gasteiger partial charge in [0.25, 0.3) is 0 Å². The van der Waals surface area contributed by atoms with Gasteiger partial charge in [0, 0.05) is 16.6 Å². The number of amides is 2. The van der Waals surface area contributed by atoms with Crippen LogP contribution < -0.4 is 10.6 Å². The summed E-state index contributed by atoms with van der Waals surface area (Å²) in [6, 6.07) is 3.46. The van der Waals surface area contributed by atoms with Gasteiger partial charge in [-0.3, -0.25) is 5.32 Å². The number of urea groups is 1. The van der Waals surface area contributed by atoms with Crippen molar-refractivity contribution < 1.29 is 26.4 Å². The van der Waals surface area contributed by atoms with Crippen LogP contribution in [0, 0.1) is 6.92 Å². The fourth-order valence-corrected chi connectivity index (χ4v) is 4.72. The lowest BCUT2D eigenvalue weighted by atomic mass is 10.2. The van der Waals surface area contributed by atoms with Crippen molar-refractivity contribution in [1.82, 2.24) is 0 Å². The largest absolute Gasteiger partial charge is 0.416 e. The number of hydrogen-bond acceptors (Lipinski definition) is 4. The summed E-state index contributed by atoms with van der Waals surface area (Å²) in [6.07, 6.45) is -4.52. The second-order valence-electron chi connectivity index (χ2n) is 5.81. The Balaban J connectivity index is 2.16. The molecule has 26 heavy (non-hydrogen) atoms. The van der Waals surface area contributed by atoms with Crippen molar-refractivity contribution in [3.8, 4) is 0 Å². The Morgan fingerprint density at radius 2 is 1.85 bits per heavy atom. The molecule has 0 unspecified atom stereocenters. The molecule has 0 fully saturated rings. The summed E-state index contributed by atoms with van der Waals surface area (Å²) in [5, 5.41) is 5.92. The number of alkyl halides is 3. The second-order valence-corrected chi connectivity index (χ2v) is 9.16. The summed E-state index contributed by atoms with van der Waals surface area (Å²) < 4.78 is 62.6. The molecule has 0 saturated carbocycles. The number of sulfone groups is 1. The maximum Gasteiger partial charge on any atom is 0.416 e. The third-order valence-electron chi connectivity index (χ3n) is 3.60. The first-order valence-electron chi connectivity index (χ1n) is 7.50. The van der Waals surface area contributed by atoms with Gasteiger partial charge in [-0.15, -0.1) is 11.3 Å². The topological polar surface area (TPSA) is 75.3 Å². The highest BCUT2D eigenvalue weighted by Crippen LogP contribution is 2.33. The van der Waals surface area contributed by atoms with Crippen molar-refractivity contribution >= 4 is 37.9 Å². The van der Waals surface area contributed by atoms with Crippen LogP contribution in [-0.2, 0) is 16.0 Å². The highest BCUT2D eigenvalue weighted by atomic mass is 32.2. The Labute approximate surface area is 153 Å². The predicted molar refractivity (Wildman–Crippen MR) is 95.5 cm³/mol. The number of benzene rings is 1. The van der Waals surface area contributed by atoms with E-state index < -0.39 is 32.9 Å². The van der Waals surface area contributed by atoms with Gasteiger partial charge in [0.1, 0.15) is 5.00 Å². The molecule has 2 amide bonds. The molecule has 10 heteroatoms. The number of hydrogen-bond donors (Lipinski definition) is 2. The first kappa shape index (κ1) is 20.2. The standard InChI is InChI=1S/C16H17F3N2O3S2/c1-9(2)26(23,24)13-8-25-14(10(13)3)21-15(22)20-12-6-4-5-11(7-12)16(17,18)19/h4-9H,1-3H3,(H2,20,21,22). The van der Waals surface area contributed by atoms with Crippen molar-refractivity contribution in [2.24, 2.45) is 0 Å². The van der Waals surface area contributed by atoms with Crippen molar-refractivity contribution in [1.29, 1.82) is 0 Å². The van der Waals surface area contributed by atoms with E-state index in [4.69, 9.17) is 0 Å². The summed E-state index contributed by atoms with van der Waals surface area (Å²) >= 11 is 1.04. The van der Waals surface area contributed by atoms with E-state index in [1.807, 2.05) is 0 Å². The van der Waals surface area contributed by atoms with Crippen molar-refractivity contribution in [3.63, 3.8) is 0 Å². The number of halogens is 3. The Morgan fingerprint density at radius 1 is 1.19 bits per heavy atom. The monoisotopic (exact) mass is 406 g/mol. The molecule has 2 rings (SSSR count). The van der Waals surface area contributed by atoms with Crippen molar-refractivity contribution in [2.45, 2.75) is 37.1 Å². The zero-order valence-corrected chi connectivity index (χ0v) is 15.8. The fourth-order valence-electron chi connectivity index (χ4n) is 2.10. The van der Waals surface area contributed by atoms with Crippen LogP contribution >= 0.6 is 11.3 Å². The Hall–Kier alpha value is -2.07. The van der Waals surface area contributed by atoms with E-state index in [1.165, 1.54) is 17.5 Å². The average Bonchev–Trinajstić information content (AvgIpc) is 2.88. The number of carbonyl (C=O) groups is 1. The maximum absolute atomic E-state index is 12.7. The number of thiophene rings is 1. The van der Waals surface area contributed by atoms with Gasteiger partial charge in [0.15, 0.2) is 9.84 Å².